The highest BCUT2D eigenvalue weighted by Gasteiger charge is 2.12. The van der Waals surface area contributed by atoms with E-state index < -0.39 is 0 Å². The number of unbranched alkanes of at least 4 members (excludes halogenated alkanes) is 1. The van der Waals surface area contributed by atoms with Crippen molar-refractivity contribution in [3.8, 4) is 5.88 Å². The number of thiazole rings is 1. The molecule has 0 saturated heterocycles. The van der Waals surface area contributed by atoms with E-state index in [0.717, 1.165) is 29.7 Å². The molecule has 1 atom stereocenters. The Morgan fingerprint density at radius 1 is 1.37 bits per heavy atom. The molecular formula is C14H19N3OS. The van der Waals surface area contributed by atoms with Gasteiger partial charge in [0, 0.05) is 0 Å². The van der Waals surface area contributed by atoms with Crippen LogP contribution in [0.4, 0.5) is 5.13 Å². The number of benzene rings is 1. The molecule has 0 amide bonds. The quantitative estimate of drug-likeness (QED) is 0.709. The molecule has 1 aromatic carbocycles. The van der Waals surface area contributed by atoms with Gasteiger partial charge in [0.05, 0.1) is 4.88 Å². The molecule has 19 heavy (non-hydrogen) atoms. The lowest BCUT2D eigenvalue weighted by atomic mass is 10.2. The van der Waals surface area contributed by atoms with Crippen molar-refractivity contribution in [2.45, 2.75) is 32.4 Å². The van der Waals surface area contributed by atoms with E-state index in [9.17, 15) is 5.11 Å². The SMILES string of the molecule is CCCCc1sc(NC(N)c2ccccc2)nc1O. The summed E-state index contributed by atoms with van der Waals surface area (Å²) in [4.78, 5) is 5.03. The zero-order valence-corrected chi connectivity index (χ0v) is 11.8. The lowest BCUT2D eigenvalue weighted by molar-refractivity contribution is 0.450. The Labute approximate surface area is 117 Å². The summed E-state index contributed by atoms with van der Waals surface area (Å²) in [6, 6.07) is 9.77. The average molecular weight is 277 g/mol. The van der Waals surface area contributed by atoms with E-state index in [4.69, 9.17) is 5.73 Å². The van der Waals surface area contributed by atoms with E-state index in [2.05, 4.69) is 17.2 Å². The minimum atomic E-state index is -0.314. The fourth-order valence-corrected chi connectivity index (χ4v) is 2.72. The summed E-state index contributed by atoms with van der Waals surface area (Å²) >= 11 is 1.47. The molecule has 102 valence electrons. The lowest BCUT2D eigenvalue weighted by Gasteiger charge is -2.12. The van der Waals surface area contributed by atoms with E-state index in [-0.39, 0.29) is 12.0 Å². The first-order chi connectivity index (χ1) is 9.20. The number of nitrogens with two attached hydrogens (primary N) is 1. The van der Waals surface area contributed by atoms with Gasteiger partial charge in [0.15, 0.2) is 5.13 Å². The van der Waals surface area contributed by atoms with E-state index in [1.807, 2.05) is 30.3 Å². The van der Waals surface area contributed by atoms with Crippen molar-refractivity contribution in [2.75, 3.05) is 5.32 Å². The van der Waals surface area contributed by atoms with Crippen molar-refractivity contribution < 1.29 is 5.11 Å². The predicted molar refractivity (Wildman–Crippen MR) is 79.4 cm³/mol. The van der Waals surface area contributed by atoms with Crippen LogP contribution >= 0.6 is 11.3 Å². The van der Waals surface area contributed by atoms with Gasteiger partial charge in [-0.1, -0.05) is 55.0 Å². The summed E-state index contributed by atoms with van der Waals surface area (Å²) in [6.45, 7) is 2.13. The Kier molecular flexibility index (Phi) is 4.76. The third-order valence-corrected chi connectivity index (χ3v) is 3.91. The highest BCUT2D eigenvalue weighted by molar-refractivity contribution is 7.15. The Balaban J connectivity index is 2.03. The molecule has 0 aliphatic carbocycles. The van der Waals surface area contributed by atoms with Crippen molar-refractivity contribution in [3.63, 3.8) is 0 Å². The summed E-state index contributed by atoms with van der Waals surface area (Å²) < 4.78 is 0. The third-order valence-electron chi connectivity index (χ3n) is 2.87. The van der Waals surface area contributed by atoms with Crippen LogP contribution in [0.25, 0.3) is 0 Å². The molecule has 0 radical (unpaired) electrons. The second-order valence-electron chi connectivity index (χ2n) is 4.40. The molecule has 0 aliphatic rings. The fourth-order valence-electron chi connectivity index (χ4n) is 1.78. The summed E-state index contributed by atoms with van der Waals surface area (Å²) in [6.07, 6.45) is 2.71. The first-order valence-electron chi connectivity index (χ1n) is 6.46. The van der Waals surface area contributed by atoms with Gasteiger partial charge in [-0.05, 0) is 18.4 Å². The molecule has 0 saturated carbocycles. The highest BCUT2D eigenvalue weighted by atomic mass is 32.1. The first kappa shape index (κ1) is 13.8. The normalized spacial score (nSPS) is 12.3. The van der Waals surface area contributed by atoms with Gasteiger partial charge in [-0.25, -0.2) is 0 Å². The van der Waals surface area contributed by atoms with Gasteiger partial charge in [0.25, 0.3) is 0 Å². The first-order valence-corrected chi connectivity index (χ1v) is 7.28. The highest BCUT2D eigenvalue weighted by Crippen LogP contribution is 2.30. The number of nitrogens with zero attached hydrogens (tertiary/aromatic N) is 1. The molecule has 5 heteroatoms. The zero-order valence-electron chi connectivity index (χ0n) is 11.0. The van der Waals surface area contributed by atoms with Gasteiger partial charge in [0.1, 0.15) is 6.17 Å². The zero-order chi connectivity index (χ0) is 13.7. The molecule has 1 unspecified atom stereocenters. The topological polar surface area (TPSA) is 71.2 Å². The van der Waals surface area contributed by atoms with Gasteiger partial charge in [-0.3, -0.25) is 0 Å². The Morgan fingerprint density at radius 2 is 2.11 bits per heavy atom. The Bertz CT molecular complexity index is 513. The van der Waals surface area contributed by atoms with Crippen LogP contribution in [0.5, 0.6) is 5.88 Å². The monoisotopic (exact) mass is 277 g/mol. The van der Waals surface area contributed by atoms with Crippen LogP contribution < -0.4 is 11.1 Å². The number of nitrogens with one attached hydrogen (secondary N) is 1. The van der Waals surface area contributed by atoms with Crippen LogP contribution in [0, 0.1) is 0 Å². The van der Waals surface area contributed by atoms with Crippen molar-refractivity contribution in [2.24, 2.45) is 5.73 Å². The standard InChI is InChI=1S/C14H19N3OS/c1-2-3-9-11-13(18)17-14(19-11)16-12(15)10-7-5-4-6-8-10/h4-8,12,18H,2-3,9,15H2,1H3,(H,16,17). The Hall–Kier alpha value is -1.59. The minimum Gasteiger partial charge on any atom is -0.492 e. The fraction of sp³-hybridized carbons (Fsp3) is 0.357. The number of aromatic hydroxyl groups is 1. The van der Waals surface area contributed by atoms with Crippen molar-refractivity contribution >= 4 is 16.5 Å². The van der Waals surface area contributed by atoms with Crippen LogP contribution in [-0.4, -0.2) is 10.1 Å². The summed E-state index contributed by atoms with van der Waals surface area (Å²) in [5.74, 6) is 0.126. The number of hydrogen-bond acceptors (Lipinski definition) is 5. The second kappa shape index (κ2) is 6.54. The Morgan fingerprint density at radius 3 is 2.79 bits per heavy atom. The maximum atomic E-state index is 9.76. The molecule has 0 aliphatic heterocycles. The van der Waals surface area contributed by atoms with Crippen LogP contribution in [0.3, 0.4) is 0 Å². The maximum absolute atomic E-state index is 9.76. The van der Waals surface area contributed by atoms with Crippen LogP contribution in [0.2, 0.25) is 0 Å². The van der Waals surface area contributed by atoms with E-state index >= 15 is 0 Å². The third kappa shape index (κ3) is 3.68. The van der Waals surface area contributed by atoms with E-state index in [1.54, 1.807) is 0 Å². The van der Waals surface area contributed by atoms with Gasteiger partial charge >= 0.3 is 0 Å². The maximum Gasteiger partial charge on any atom is 0.227 e. The molecule has 4 nitrogen and oxygen atoms in total. The van der Waals surface area contributed by atoms with Gasteiger partial charge in [-0.15, -0.1) is 0 Å². The van der Waals surface area contributed by atoms with Crippen LogP contribution in [-0.2, 0) is 6.42 Å². The van der Waals surface area contributed by atoms with Crippen molar-refractivity contribution in [1.82, 2.24) is 4.98 Å². The smallest absolute Gasteiger partial charge is 0.227 e. The lowest BCUT2D eigenvalue weighted by Crippen LogP contribution is -2.19. The molecule has 0 fully saturated rings. The molecular weight excluding hydrogens is 258 g/mol. The molecule has 0 bridgehead atoms. The second-order valence-corrected chi connectivity index (χ2v) is 5.49. The number of aryl methyl sites for hydroxylation is 1. The molecule has 1 aromatic heterocycles. The van der Waals surface area contributed by atoms with Crippen molar-refractivity contribution in [3.05, 3.63) is 40.8 Å². The predicted octanol–water partition coefficient (Wildman–Crippen LogP) is 3.26. The van der Waals surface area contributed by atoms with Crippen LogP contribution in [0.15, 0.2) is 30.3 Å². The number of rotatable bonds is 6. The minimum absolute atomic E-state index is 0.126. The molecule has 4 N–H and O–H groups in total. The van der Waals surface area contributed by atoms with Gasteiger partial charge in [0.2, 0.25) is 5.88 Å². The van der Waals surface area contributed by atoms with Crippen molar-refractivity contribution in [1.29, 1.82) is 0 Å². The summed E-state index contributed by atoms with van der Waals surface area (Å²) in [5, 5.41) is 13.5. The van der Waals surface area contributed by atoms with Gasteiger partial charge in [-0.2, -0.15) is 4.98 Å². The number of hydrogen-bond donors (Lipinski definition) is 3. The van der Waals surface area contributed by atoms with Crippen LogP contribution in [0.1, 0.15) is 36.4 Å². The van der Waals surface area contributed by atoms with E-state index in [1.165, 1.54) is 11.3 Å². The largest absolute Gasteiger partial charge is 0.492 e. The van der Waals surface area contributed by atoms with E-state index in [0.29, 0.717) is 5.13 Å². The van der Waals surface area contributed by atoms with Gasteiger partial charge < -0.3 is 16.2 Å². The summed E-state index contributed by atoms with van der Waals surface area (Å²) in [5.41, 5.74) is 7.05. The number of aromatic nitrogens is 1. The molecule has 2 rings (SSSR count). The molecule has 2 aromatic rings. The molecule has 1 heterocycles. The average Bonchev–Trinajstić information content (AvgIpc) is 2.77. The summed E-state index contributed by atoms with van der Waals surface area (Å²) in [7, 11) is 0. The number of anilines is 1. The molecule has 0 spiro atoms.